The van der Waals surface area contributed by atoms with Gasteiger partial charge in [-0.3, -0.25) is 0 Å². The Bertz CT molecular complexity index is 282. The van der Waals surface area contributed by atoms with E-state index < -0.39 is 0 Å². The van der Waals surface area contributed by atoms with Crippen LogP contribution in [0.3, 0.4) is 0 Å². The zero-order chi connectivity index (χ0) is 11.8. The molecule has 0 saturated heterocycles. The fourth-order valence-electron chi connectivity index (χ4n) is 1.28. The number of aromatic nitrogens is 1. The normalized spacial score (nSPS) is 10.8. The third kappa shape index (κ3) is 5.12. The fraction of sp³-hybridized carbons (Fsp3) is 0.615. The second-order valence-electron chi connectivity index (χ2n) is 4.39. The Hall–Kier alpha value is -1.09. The van der Waals surface area contributed by atoms with Crippen molar-refractivity contribution in [1.82, 2.24) is 4.98 Å². The molecule has 1 heterocycles. The number of pyridine rings is 1. The molecule has 3 heteroatoms. The van der Waals surface area contributed by atoms with Gasteiger partial charge in [-0.15, -0.1) is 0 Å². The fourth-order valence-corrected chi connectivity index (χ4v) is 1.28. The van der Waals surface area contributed by atoms with Crippen LogP contribution in [0, 0.1) is 5.92 Å². The van der Waals surface area contributed by atoms with Crippen LogP contribution in [-0.2, 0) is 11.3 Å². The van der Waals surface area contributed by atoms with E-state index in [9.17, 15) is 0 Å². The van der Waals surface area contributed by atoms with Gasteiger partial charge in [-0.1, -0.05) is 26.8 Å². The Labute approximate surface area is 98.2 Å². The minimum atomic E-state index is 0.582. The molecule has 16 heavy (non-hydrogen) atoms. The van der Waals surface area contributed by atoms with Crippen molar-refractivity contribution in [3.05, 3.63) is 23.9 Å². The van der Waals surface area contributed by atoms with Crippen LogP contribution >= 0.6 is 0 Å². The average molecular weight is 222 g/mol. The van der Waals surface area contributed by atoms with E-state index in [-0.39, 0.29) is 0 Å². The van der Waals surface area contributed by atoms with E-state index in [1.807, 2.05) is 12.3 Å². The summed E-state index contributed by atoms with van der Waals surface area (Å²) in [6.07, 6.45) is 2.99. The first-order chi connectivity index (χ1) is 7.72. The third-order valence-corrected chi connectivity index (χ3v) is 2.10. The van der Waals surface area contributed by atoms with Crippen LogP contribution in [0.2, 0.25) is 0 Å². The van der Waals surface area contributed by atoms with Crippen molar-refractivity contribution in [2.75, 3.05) is 18.5 Å². The van der Waals surface area contributed by atoms with Crippen LogP contribution in [0.1, 0.15) is 32.8 Å². The third-order valence-electron chi connectivity index (χ3n) is 2.10. The first kappa shape index (κ1) is 13.0. The van der Waals surface area contributed by atoms with E-state index in [2.05, 4.69) is 37.1 Å². The predicted octanol–water partition coefficient (Wildman–Crippen LogP) is 3.08. The second-order valence-corrected chi connectivity index (χ2v) is 4.39. The van der Waals surface area contributed by atoms with Crippen molar-refractivity contribution in [2.45, 2.75) is 33.8 Å². The molecule has 3 nitrogen and oxygen atoms in total. The van der Waals surface area contributed by atoms with Gasteiger partial charge < -0.3 is 10.1 Å². The van der Waals surface area contributed by atoms with E-state index >= 15 is 0 Å². The highest BCUT2D eigenvalue weighted by Gasteiger charge is 1.97. The molecule has 0 aliphatic heterocycles. The molecule has 0 saturated carbocycles. The highest BCUT2D eigenvalue weighted by molar-refractivity contribution is 5.35. The smallest absolute Gasteiger partial charge is 0.125 e. The molecule has 1 aromatic rings. The Kier molecular flexibility index (Phi) is 5.86. The molecule has 0 atom stereocenters. The topological polar surface area (TPSA) is 34.1 Å². The number of anilines is 1. The van der Waals surface area contributed by atoms with E-state index in [0.717, 1.165) is 31.0 Å². The van der Waals surface area contributed by atoms with Crippen LogP contribution in [0.5, 0.6) is 0 Å². The second kappa shape index (κ2) is 7.23. The van der Waals surface area contributed by atoms with Gasteiger partial charge in [0.1, 0.15) is 5.82 Å². The van der Waals surface area contributed by atoms with Gasteiger partial charge in [0, 0.05) is 19.3 Å². The molecule has 1 rings (SSSR count). The van der Waals surface area contributed by atoms with Crippen molar-refractivity contribution < 1.29 is 4.74 Å². The zero-order valence-electron chi connectivity index (χ0n) is 10.5. The number of nitrogens with zero attached hydrogens (tertiary/aromatic N) is 1. The van der Waals surface area contributed by atoms with Crippen LogP contribution in [0.25, 0.3) is 0 Å². The lowest BCUT2D eigenvalue weighted by molar-refractivity contribution is 0.0969. The predicted molar refractivity (Wildman–Crippen MR) is 67.5 cm³/mol. The van der Waals surface area contributed by atoms with Gasteiger partial charge in [-0.05, 0) is 24.0 Å². The molecule has 1 aromatic heterocycles. The molecule has 0 spiro atoms. The molecular weight excluding hydrogens is 200 g/mol. The zero-order valence-corrected chi connectivity index (χ0v) is 10.5. The van der Waals surface area contributed by atoms with Crippen LogP contribution in [0.15, 0.2) is 18.3 Å². The van der Waals surface area contributed by atoms with Gasteiger partial charge in [0.15, 0.2) is 0 Å². The van der Waals surface area contributed by atoms with Crippen molar-refractivity contribution in [2.24, 2.45) is 5.92 Å². The van der Waals surface area contributed by atoms with Crippen LogP contribution < -0.4 is 5.32 Å². The summed E-state index contributed by atoms with van der Waals surface area (Å²) >= 11 is 0. The van der Waals surface area contributed by atoms with Crippen molar-refractivity contribution >= 4 is 5.82 Å². The van der Waals surface area contributed by atoms with Crippen molar-refractivity contribution in [1.29, 1.82) is 0 Å². The van der Waals surface area contributed by atoms with Crippen molar-refractivity contribution in [3.8, 4) is 0 Å². The standard InChI is InChI=1S/C13H22N2O/c1-4-7-14-13-6-5-12(8-15-13)10-16-9-11(2)3/h5-6,8,11H,4,7,9-10H2,1-3H3,(H,14,15). The molecular formula is C13H22N2O. The molecule has 1 N–H and O–H groups in total. The maximum absolute atomic E-state index is 5.54. The molecule has 0 amide bonds. The maximum atomic E-state index is 5.54. The summed E-state index contributed by atoms with van der Waals surface area (Å²) in [5.74, 6) is 1.52. The summed E-state index contributed by atoms with van der Waals surface area (Å²) in [4.78, 5) is 4.32. The molecule has 0 aromatic carbocycles. The Balaban J connectivity index is 2.33. The molecule has 0 unspecified atom stereocenters. The quantitative estimate of drug-likeness (QED) is 0.770. The number of ether oxygens (including phenoxy) is 1. The molecule has 0 bridgehead atoms. The van der Waals surface area contributed by atoms with Gasteiger partial charge in [0.2, 0.25) is 0 Å². The summed E-state index contributed by atoms with van der Waals surface area (Å²) in [6, 6.07) is 4.06. The van der Waals surface area contributed by atoms with Gasteiger partial charge in [0.05, 0.1) is 6.61 Å². The maximum Gasteiger partial charge on any atom is 0.125 e. The monoisotopic (exact) mass is 222 g/mol. The highest BCUT2D eigenvalue weighted by Crippen LogP contribution is 2.07. The molecule has 0 fully saturated rings. The molecule has 0 radical (unpaired) electrons. The van der Waals surface area contributed by atoms with Gasteiger partial charge >= 0.3 is 0 Å². The summed E-state index contributed by atoms with van der Waals surface area (Å²) in [5.41, 5.74) is 1.13. The van der Waals surface area contributed by atoms with Crippen LogP contribution in [-0.4, -0.2) is 18.1 Å². The van der Waals surface area contributed by atoms with E-state index in [1.54, 1.807) is 0 Å². The minimum Gasteiger partial charge on any atom is -0.376 e. The first-order valence-corrected chi connectivity index (χ1v) is 5.99. The number of nitrogens with one attached hydrogen (secondary N) is 1. The molecule has 0 aliphatic rings. The first-order valence-electron chi connectivity index (χ1n) is 5.99. The average Bonchev–Trinajstić information content (AvgIpc) is 2.27. The SMILES string of the molecule is CCCNc1ccc(COCC(C)C)cn1. The molecule has 90 valence electrons. The van der Waals surface area contributed by atoms with Gasteiger partial charge in [-0.25, -0.2) is 4.98 Å². The Morgan fingerprint density at radius 2 is 2.19 bits per heavy atom. The number of hydrogen-bond donors (Lipinski definition) is 1. The largest absolute Gasteiger partial charge is 0.376 e. The summed E-state index contributed by atoms with van der Waals surface area (Å²) in [6.45, 7) is 8.86. The lowest BCUT2D eigenvalue weighted by Gasteiger charge is -2.07. The summed E-state index contributed by atoms with van der Waals surface area (Å²) in [7, 11) is 0. The van der Waals surface area contributed by atoms with E-state index in [4.69, 9.17) is 4.74 Å². The van der Waals surface area contributed by atoms with E-state index in [0.29, 0.717) is 12.5 Å². The minimum absolute atomic E-state index is 0.582. The summed E-state index contributed by atoms with van der Waals surface area (Å²) in [5, 5.41) is 3.24. The number of rotatable bonds is 7. The number of hydrogen-bond acceptors (Lipinski definition) is 3. The van der Waals surface area contributed by atoms with E-state index in [1.165, 1.54) is 0 Å². The molecule has 0 aliphatic carbocycles. The lowest BCUT2D eigenvalue weighted by atomic mass is 10.2. The Morgan fingerprint density at radius 1 is 1.38 bits per heavy atom. The van der Waals surface area contributed by atoms with Crippen LogP contribution in [0.4, 0.5) is 5.82 Å². The lowest BCUT2D eigenvalue weighted by Crippen LogP contribution is -2.04. The van der Waals surface area contributed by atoms with Gasteiger partial charge in [-0.2, -0.15) is 0 Å². The van der Waals surface area contributed by atoms with Gasteiger partial charge in [0.25, 0.3) is 0 Å². The van der Waals surface area contributed by atoms with Crippen molar-refractivity contribution in [3.63, 3.8) is 0 Å². The highest BCUT2D eigenvalue weighted by atomic mass is 16.5. The Morgan fingerprint density at radius 3 is 2.75 bits per heavy atom. The summed E-state index contributed by atoms with van der Waals surface area (Å²) < 4.78 is 5.54.